The van der Waals surface area contributed by atoms with Crippen LogP contribution in [0.5, 0.6) is 5.75 Å². The number of H-pyrrole nitrogens is 1. The summed E-state index contributed by atoms with van der Waals surface area (Å²) in [5.41, 5.74) is 6.16. The number of thiazole rings is 1. The monoisotopic (exact) mass is 602 g/mol. The standard InChI is InChI=1S/C29H33F3N6O3S/c1-16-9-23(41-4)22(29(40)35-16)12-34-28(39)21-11-20-10-19(24-13-33-15-42-24)14-38(20)25(17(21)2)18(3)36-5-7-37(8-6-36)27(32)26(30)31/h9-11,13-15,18,26-27H,5-8,12H2,1-4H3,(H,34,39)(H,35,40). The second kappa shape index (κ2) is 12.3. The Hall–Kier alpha value is -3.68. The summed E-state index contributed by atoms with van der Waals surface area (Å²) in [4.78, 5) is 37.4. The molecule has 1 aliphatic heterocycles. The highest BCUT2D eigenvalue weighted by Gasteiger charge is 2.33. The van der Waals surface area contributed by atoms with Gasteiger partial charge in [0.2, 0.25) is 6.30 Å². The Morgan fingerprint density at radius 1 is 1.14 bits per heavy atom. The number of amides is 1. The van der Waals surface area contributed by atoms with E-state index in [0.717, 1.165) is 27.2 Å². The third-order valence-corrected chi connectivity index (χ3v) is 8.70. The molecule has 1 amide bonds. The molecule has 42 heavy (non-hydrogen) atoms. The number of hydrogen-bond acceptors (Lipinski definition) is 7. The number of ether oxygens (including phenoxy) is 1. The summed E-state index contributed by atoms with van der Waals surface area (Å²) in [6, 6.07) is 5.29. The minimum atomic E-state index is -3.05. The molecule has 2 unspecified atom stereocenters. The summed E-state index contributed by atoms with van der Waals surface area (Å²) in [5.74, 6) is 0.0355. The second-order valence-corrected chi connectivity index (χ2v) is 11.3. The first-order valence-corrected chi connectivity index (χ1v) is 14.5. The van der Waals surface area contributed by atoms with Crippen LogP contribution in [-0.2, 0) is 6.54 Å². The van der Waals surface area contributed by atoms with Gasteiger partial charge in [0, 0.05) is 72.6 Å². The van der Waals surface area contributed by atoms with Gasteiger partial charge < -0.3 is 19.4 Å². The minimum absolute atomic E-state index is 0.0310. The van der Waals surface area contributed by atoms with E-state index in [2.05, 4.69) is 20.2 Å². The van der Waals surface area contributed by atoms with Gasteiger partial charge in [-0.25, -0.2) is 13.2 Å². The van der Waals surface area contributed by atoms with Crippen molar-refractivity contribution in [3.05, 3.63) is 74.5 Å². The number of nitrogens with one attached hydrogen (secondary N) is 2. The number of aryl methyl sites for hydroxylation is 1. The number of alkyl halides is 3. The number of rotatable bonds is 9. The lowest BCUT2D eigenvalue weighted by molar-refractivity contribution is -0.0688. The van der Waals surface area contributed by atoms with Crippen LogP contribution in [0.3, 0.4) is 0 Å². The third-order valence-electron chi connectivity index (χ3n) is 7.88. The van der Waals surface area contributed by atoms with Crippen molar-refractivity contribution in [3.63, 3.8) is 0 Å². The lowest BCUT2D eigenvalue weighted by Crippen LogP contribution is -2.51. The Morgan fingerprint density at radius 3 is 2.50 bits per heavy atom. The van der Waals surface area contributed by atoms with Crippen molar-refractivity contribution < 1.29 is 22.7 Å². The summed E-state index contributed by atoms with van der Waals surface area (Å²) in [7, 11) is 1.47. The fourth-order valence-corrected chi connectivity index (χ4v) is 6.23. The van der Waals surface area contributed by atoms with Crippen molar-refractivity contribution in [1.82, 2.24) is 29.5 Å². The van der Waals surface area contributed by atoms with Gasteiger partial charge in [-0.05, 0) is 44.5 Å². The summed E-state index contributed by atoms with van der Waals surface area (Å²) >= 11 is 1.50. The van der Waals surface area contributed by atoms with E-state index in [1.54, 1.807) is 24.7 Å². The van der Waals surface area contributed by atoms with Crippen LogP contribution in [0.1, 0.15) is 45.8 Å². The largest absolute Gasteiger partial charge is 0.496 e. The molecular formula is C29H33F3N6O3S. The first kappa shape index (κ1) is 29.8. The van der Waals surface area contributed by atoms with E-state index in [1.807, 2.05) is 36.6 Å². The average Bonchev–Trinajstić information content (AvgIpc) is 3.65. The molecule has 5 heterocycles. The highest BCUT2D eigenvalue weighted by molar-refractivity contribution is 7.13. The van der Waals surface area contributed by atoms with Crippen LogP contribution in [0.2, 0.25) is 0 Å². The molecule has 0 bridgehead atoms. The molecule has 13 heteroatoms. The number of aromatic amines is 1. The molecule has 2 N–H and O–H groups in total. The van der Waals surface area contributed by atoms with Crippen molar-refractivity contribution in [3.8, 4) is 16.2 Å². The lowest BCUT2D eigenvalue weighted by atomic mass is 10.0. The summed E-state index contributed by atoms with van der Waals surface area (Å²) in [5, 5.41) is 2.88. The third kappa shape index (κ3) is 5.81. The molecule has 5 rings (SSSR count). The minimum Gasteiger partial charge on any atom is -0.496 e. The highest BCUT2D eigenvalue weighted by atomic mass is 32.1. The zero-order chi connectivity index (χ0) is 30.1. The first-order chi connectivity index (χ1) is 20.1. The summed E-state index contributed by atoms with van der Waals surface area (Å²) in [6.45, 7) is 6.72. The Labute approximate surface area is 244 Å². The molecule has 224 valence electrons. The average molecular weight is 603 g/mol. The van der Waals surface area contributed by atoms with Crippen LogP contribution < -0.4 is 15.6 Å². The van der Waals surface area contributed by atoms with E-state index in [1.165, 1.54) is 23.3 Å². The maximum atomic E-state index is 14.0. The molecular weight excluding hydrogens is 569 g/mol. The molecule has 9 nitrogen and oxygen atoms in total. The maximum Gasteiger partial charge on any atom is 0.282 e. The smallest absolute Gasteiger partial charge is 0.282 e. The number of fused-ring (bicyclic) bond motifs is 1. The van der Waals surface area contributed by atoms with Crippen LogP contribution in [0.25, 0.3) is 16.0 Å². The number of halogens is 3. The fraction of sp³-hybridized carbons (Fsp3) is 0.414. The molecule has 0 saturated carbocycles. The van der Waals surface area contributed by atoms with Crippen molar-refractivity contribution in [2.45, 2.75) is 46.1 Å². The quantitative estimate of drug-likeness (QED) is 0.273. The van der Waals surface area contributed by atoms with Crippen LogP contribution in [0.15, 0.2) is 40.9 Å². The van der Waals surface area contributed by atoms with Gasteiger partial charge >= 0.3 is 0 Å². The number of piperazine rings is 1. The summed E-state index contributed by atoms with van der Waals surface area (Å²) < 4.78 is 47.3. The molecule has 1 saturated heterocycles. The Morgan fingerprint density at radius 2 is 1.86 bits per heavy atom. The molecule has 0 radical (unpaired) electrons. The van der Waals surface area contributed by atoms with Gasteiger partial charge in [0.05, 0.1) is 29.6 Å². The van der Waals surface area contributed by atoms with Crippen LogP contribution >= 0.6 is 11.3 Å². The number of carbonyl (C=O) groups excluding carboxylic acids is 1. The molecule has 4 aromatic rings. The van der Waals surface area contributed by atoms with Crippen molar-refractivity contribution >= 4 is 22.8 Å². The Kier molecular flexibility index (Phi) is 8.71. The van der Waals surface area contributed by atoms with Crippen LogP contribution in [-0.4, -0.2) is 76.1 Å². The van der Waals surface area contributed by atoms with Gasteiger partial charge in [0.1, 0.15) is 5.75 Å². The van der Waals surface area contributed by atoms with Crippen LogP contribution in [0.4, 0.5) is 13.2 Å². The molecule has 1 fully saturated rings. The van der Waals surface area contributed by atoms with Crippen molar-refractivity contribution in [2.24, 2.45) is 0 Å². The van der Waals surface area contributed by atoms with Crippen LogP contribution in [0, 0.1) is 13.8 Å². The lowest BCUT2D eigenvalue weighted by Gasteiger charge is -2.39. The number of nitrogens with zero attached hydrogens (tertiary/aromatic N) is 4. The van der Waals surface area contributed by atoms with E-state index >= 15 is 0 Å². The number of hydrogen-bond donors (Lipinski definition) is 2. The highest BCUT2D eigenvalue weighted by Crippen LogP contribution is 2.33. The number of pyridine rings is 2. The van der Waals surface area contributed by atoms with Gasteiger partial charge in [0.15, 0.2) is 0 Å². The first-order valence-electron chi connectivity index (χ1n) is 13.6. The fourth-order valence-electron chi connectivity index (χ4n) is 5.62. The van der Waals surface area contributed by atoms with Gasteiger partial charge in [0.25, 0.3) is 17.9 Å². The van der Waals surface area contributed by atoms with E-state index in [9.17, 15) is 22.8 Å². The number of carbonyl (C=O) groups is 1. The van der Waals surface area contributed by atoms with E-state index in [0.29, 0.717) is 35.7 Å². The van der Waals surface area contributed by atoms with Gasteiger partial charge in [-0.2, -0.15) is 0 Å². The maximum absolute atomic E-state index is 14.0. The number of methoxy groups -OCH3 is 1. The van der Waals surface area contributed by atoms with E-state index < -0.39 is 12.7 Å². The van der Waals surface area contributed by atoms with Gasteiger partial charge in [-0.3, -0.25) is 24.4 Å². The normalized spacial score (nSPS) is 16.2. The topological polar surface area (TPSA) is 95.0 Å². The molecule has 0 spiro atoms. The number of aromatic nitrogens is 3. The molecule has 1 aliphatic rings. The summed E-state index contributed by atoms with van der Waals surface area (Å²) in [6.07, 6.45) is -1.55. The van der Waals surface area contributed by atoms with Crippen molar-refractivity contribution in [2.75, 3.05) is 33.3 Å². The second-order valence-electron chi connectivity index (χ2n) is 10.4. The Bertz CT molecular complexity index is 1630. The zero-order valence-corrected chi connectivity index (χ0v) is 24.6. The van der Waals surface area contributed by atoms with Gasteiger partial charge in [-0.15, -0.1) is 11.3 Å². The van der Waals surface area contributed by atoms with Gasteiger partial charge in [-0.1, -0.05) is 0 Å². The molecule has 4 aromatic heterocycles. The SMILES string of the molecule is COc1cc(C)[nH]c(=O)c1CNC(=O)c1cc2cc(-c3cncs3)cn2c(C(C)N2CCN(C(F)C(F)F)CC2)c1C. The predicted molar refractivity (Wildman–Crippen MR) is 155 cm³/mol. The molecule has 0 aliphatic carbocycles. The van der Waals surface area contributed by atoms with E-state index in [4.69, 9.17) is 4.74 Å². The zero-order valence-electron chi connectivity index (χ0n) is 23.8. The van der Waals surface area contributed by atoms with Crippen molar-refractivity contribution in [1.29, 1.82) is 0 Å². The molecule has 2 atom stereocenters. The van der Waals surface area contributed by atoms with E-state index in [-0.39, 0.29) is 37.1 Å². The predicted octanol–water partition coefficient (Wildman–Crippen LogP) is 4.55. The molecule has 0 aromatic carbocycles. The Balaban J connectivity index is 1.49.